The Balaban J connectivity index is 1.55. The van der Waals surface area contributed by atoms with Crippen LogP contribution in [0.3, 0.4) is 0 Å². The van der Waals surface area contributed by atoms with Crippen LogP contribution in [0.2, 0.25) is 0 Å². The number of phenols is 2. The number of carbonyl (C=O) groups is 4. The number of rotatable bonds is 3. The summed E-state index contributed by atoms with van der Waals surface area (Å²) in [7, 11) is 2.04. The molecular weight excluding hydrogens is 608 g/mol. The highest BCUT2D eigenvalue weighted by Gasteiger charge is 2.64. The normalized spacial score (nSPS) is 29.9. The molecule has 2 fully saturated rings. The molecule has 0 saturated heterocycles. The Kier molecular flexibility index (Phi) is 6.87. The van der Waals surface area contributed by atoms with Gasteiger partial charge in [-0.2, -0.15) is 0 Å². The van der Waals surface area contributed by atoms with Crippen molar-refractivity contribution < 1.29 is 68.8 Å². The van der Waals surface area contributed by atoms with E-state index in [0.29, 0.717) is 0 Å². The molecule has 0 unspecified atom stereocenters. The summed E-state index contributed by atoms with van der Waals surface area (Å²) < 4.78 is 21.5. The largest absolute Gasteiger partial charge is 0.506 e. The van der Waals surface area contributed by atoms with Gasteiger partial charge in [-0.15, -0.1) is 0 Å². The summed E-state index contributed by atoms with van der Waals surface area (Å²) in [6.07, 6.45) is -3.72. The maximum atomic E-state index is 13.2. The summed E-state index contributed by atoms with van der Waals surface area (Å²) in [5.41, 5.74) is -7.25. The number of aliphatic hydroxyl groups is 4. The van der Waals surface area contributed by atoms with Crippen molar-refractivity contribution in [3.63, 3.8) is 0 Å². The lowest BCUT2D eigenvalue weighted by Gasteiger charge is -2.45. The third kappa shape index (κ3) is 3.70. The van der Waals surface area contributed by atoms with Crippen molar-refractivity contribution >= 4 is 35.0 Å². The minimum absolute atomic E-state index is 0.163. The highest BCUT2D eigenvalue weighted by atomic mass is 16.6. The Labute approximate surface area is 260 Å². The number of ketones is 2. The lowest BCUT2D eigenvalue weighted by atomic mass is 9.69. The van der Waals surface area contributed by atoms with Crippen LogP contribution in [-0.4, -0.2) is 91.8 Å². The van der Waals surface area contributed by atoms with E-state index < -0.39 is 104 Å². The van der Waals surface area contributed by atoms with Crippen molar-refractivity contribution in [1.29, 1.82) is 0 Å². The van der Waals surface area contributed by atoms with Gasteiger partial charge in [0.1, 0.15) is 57.9 Å². The molecule has 46 heavy (non-hydrogen) atoms. The van der Waals surface area contributed by atoms with Crippen LogP contribution in [0.15, 0.2) is 35.4 Å². The molecule has 2 aromatic carbocycles. The average molecular weight is 639 g/mol. The van der Waals surface area contributed by atoms with Crippen LogP contribution in [0.5, 0.6) is 23.0 Å². The number of carbonyl (C=O) groups excluding carboxylic acids is 4. The molecular formula is C32H30O14. The van der Waals surface area contributed by atoms with Gasteiger partial charge in [-0.05, 0) is 36.1 Å². The molecule has 14 heteroatoms. The molecule has 2 aromatic rings. The van der Waals surface area contributed by atoms with Gasteiger partial charge in [0.2, 0.25) is 0 Å². The Hall–Kier alpha value is -5.08. The molecule has 2 heterocycles. The highest BCUT2D eigenvalue weighted by Crippen LogP contribution is 2.55. The van der Waals surface area contributed by atoms with Gasteiger partial charge in [-0.25, -0.2) is 9.59 Å². The Bertz CT molecular complexity index is 1690. The molecule has 4 aliphatic rings. The van der Waals surface area contributed by atoms with E-state index >= 15 is 0 Å². The Morgan fingerprint density at radius 2 is 1.04 bits per heavy atom. The fourth-order valence-electron chi connectivity index (χ4n) is 7.00. The zero-order chi connectivity index (χ0) is 33.6. The van der Waals surface area contributed by atoms with E-state index in [-0.39, 0.29) is 35.5 Å². The molecule has 0 radical (unpaired) electrons. The molecule has 0 bridgehead atoms. The summed E-state index contributed by atoms with van der Waals surface area (Å²) in [6.45, 7) is 3.04. The van der Waals surface area contributed by atoms with Crippen LogP contribution < -0.4 is 9.47 Å². The van der Waals surface area contributed by atoms with E-state index in [1.165, 1.54) is 38.1 Å². The minimum atomic E-state index is -2.42. The molecule has 2 aliphatic heterocycles. The maximum absolute atomic E-state index is 13.2. The molecule has 2 aliphatic carbocycles. The number of methoxy groups -OCH3 is 2. The van der Waals surface area contributed by atoms with Crippen LogP contribution in [0.4, 0.5) is 0 Å². The van der Waals surface area contributed by atoms with E-state index in [0.717, 1.165) is 14.2 Å². The van der Waals surface area contributed by atoms with Crippen LogP contribution in [0.1, 0.15) is 37.8 Å². The van der Waals surface area contributed by atoms with Gasteiger partial charge in [-0.3, -0.25) is 9.59 Å². The fourth-order valence-corrected chi connectivity index (χ4v) is 7.00. The first-order valence-electron chi connectivity index (χ1n) is 14.3. The van der Waals surface area contributed by atoms with Crippen molar-refractivity contribution in [1.82, 2.24) is 0 Å². The van der Waals surface area contributed by atoms with Crippen LogP contribution >= 0.6 is 0 Å². The second kappa shape index (κ2) is 10.2. The van der Waals surface area contributed by atoms with Gasteiger partial charge in [-0.1, -0.05) is 13.8 Å². The number of benzene rings is 2. The highest BCUT2D eigenvalue weighted by molar-refractivity contribution is 6.14. The molecule has 6 atom stereocenters. The molecule has 6 N–H and O–H groups in total. The number of phenolic OH excluding ortho intramolecular Hbond substituents is 2. The lowest BCUT2D eigenvalue weighted by Crippen LogP contribution is -2.64. The van der Waals surface area contributed by atoms with E-state index in [2.05, 4.69) is 0 Å². The van der Waals surface area contributed by atoms with Gasteiger partial charge in [0.15, 0.2) is 11.6 Å². The zero-order valence-corrected chi connectivity index (χ0v) is 25.0. The van der Waals surface area contributed by atoms with Crippen molar-refractivity contribution in [3.05, 3.63) is 46.5 Å². The predicted octanol–water partition coefficient (Wildman–Crippen LogP) is 1.85. The minimum Gasteiger partial charge on any atom is -0.506 e. The first-order chi connectivity index (χ1) is 21.7. The van der Waals surface area contributed by atoms with E-state index in [1.807, 2.05) is 0 Å². The first-order valence-corrected chi connectivity index (χ1v) is 14.3. The molecule has 2 saturated carbocycles. The predicted molar refractivity (Wildman–Crippen MR) is 155 cm³/mol. The van der Waals surface area contributed by atoms with E-state index in [9.17, 15) is 49.8 Å². The van der Waals surface area contributed by atoms with Gasteiger partial charge in [0.05, 0.1) is 25.4 Å². The number of ether oxygens (including phenoxy) is 4. The van der Waals surface area contributed by atoms with E-state index in [1.54, 1.807) is 0 Å². The summed E-state index contributed by atoms with van der Waals surface area (Å²) in [5.74, 6) is -9.01. The first kappa shape index (κ1) is 30.9. The van der Waals surface area contributed by atoms with Crippen molar-refractivity contribution in [2.75, 3.05) is 14.2 Å². The Morgan fingerprint density at radius 3 is 1.37 bits per heavy atom. The third-order valence-electron chi connectivity index (χ3n) is 9.26. The van der Waals surface area contributed by atoms with Crippen molar-refractivity contribution in [3.8, 4) is 34.1 Å². The standard InChI is InChI=1S/C32H30O14/c1-11-9-15(33)21-25(37)19-17(45-31(21,27(11)39)29(41)43-3)7-5-13(23(19)35)14-6-8-18-20(24(14)36)26(38)22-16(34)10-12(2)28(40)32(22,46-18)30(42)44-4/h5-8,11-12,27-28,35-40H,9-10H2,1-4H3/t11-,12-,27-,28-,31-,32+/m0/s1. The third-order valence-corrected chi connectivity index (χ3v) is 9.26. The number of aromatic hydroxyl groups is 2. The van der Waals surface area contributed by atoms with Gasteiger partial charge >= 0.3 is 11.9 Å². The van der Waals surface area contributed by atoms with Gasteiger partial charge in [0.25, 0.3) is 11.2 Å². The summed E-state index contributed by atoms with van der Waals surface area (Å²) >= 11 is 0. The number of fused-ring (bicyclic) bond motifs is 4. The number of esters is 2. The Morgan fingerprint density at radius 1 is 0.696 bits per heavy atom. The van der Waals surface area contributed by atoms with Crippen LogP contribution in [-0.2, 0) is 28.7 Å². The molecule has 0 aromatic heterocycles. The monoisotopic (exact) mass is 638 g/mol. The second-order valence-corrected chi connectivity index (χ2v) is 11.9. The summed E-state index contributed by atoms with van der Waals surface area (Å²) in [5, 5.41) is 67.7. The zero-order valence-electron chi connectivity index (χ0n) is 25.0. The van der Waals surface area contributed by atoms with Crippen molar-refractivity contribution in [2.45, 2.75) is 50.1 Å². The molecule has 0 amide bonds. The number of aliphatic hydroxyl groups excluding tert-OH is 4. The number of Topliss-reactive ketones (excluding diaryl/α,β-unsaturated/α-hetero) is 2. The van der Waals surface area contributed by atoms with Gasteiger partial charge in [0, 0.05) is 24.0 Å². The quantitative estimate of drug-likeness (QED) is 0.264. The van der Waals surface area contributed by atoms with Crippen molar-refractivity contribution in [2.24, 2.45) is 11.8 Å². The van der Waals surface area contributed by atoms with Crippen LogP contribution in [0, 0.1) is 11.8 Å². The SMILES string of the molecule is COC(=O)[C@@]12Oc3ccc(-c4ccc5c(c4O)C(O)=C4C(=O)C[C@H](C)[C@H](O)[C@@]4(C(=O)OC)O5)c(O)c3C(O)=C1C(=O)C[C@H](C)[C@@H]2O. The smallest absolute Gasteiger partial charge is 0.358 e. The molecule has 242 valence electrons. The number of hydrogen-bond acceptors (Lipinski definition) is 14. The topological polar surface area (TPSA) is 227 Å². The average Bonchev–Trinajstić information content (AvgIpc) is 3.01. The lowest BCUT2D eigenvalue weighted by molar-refractivity contribution is -0.173. The summed E-state index contributed by atoms with van der Waals surface area (Å²) in [4.78, 5) is 52.3. The second-order valence-electron chi connectivity index (χ2n) is 11.9. The molecule has 14 nitrogen and oxygen atoms in total. The fraction of sp³-hybridized carbons (Fsp3) is 0.375. The molecule has 6 rings (SSSR count). The summed E-state index contributed by atoms with van der Waals surface area (Å²) in [6, 6.07) is 4.92. The van der Waals surface area contributed by atoms with Gasteiger partial charge < -0.3 is 49.6 Å². The maximum Gasteiger partial charge on any atom is 0.358 e. The van der Waals surface area contributed by atoms with E-state index in [4.69, 9.17) is 18.9 Å². The molecule has 0 spiro atoms. The number of hydrogen-bond donors (Lipinski definition) is 6. The van der Waals surface area contributed by atoms with Crippen LogP contribution in [0.25, 0.3) is 22.6 Å².